The summed E-state index contributed by atoms with van der Waals surface area (Å²) in [5, 5.41) is 0. The van der Waals surface area contributed by atoms with Gasteiger partial charge in [-0.2, -0.15) is 0 Å². The van der Waals surface area contributed by atoms with Gasteiger partial charge in [0.2, 0.25) is 18.5 Å². The van der Waals surface area contributed by atoms with Crippen LogP contribution in [0.2, 0.25) is 0 Å². The summed E-state index contributed by atoms with van der Waals surface area (Å²) in [5.41, 5.74) is 6.12. The van der Waals surface area contributed by atoms with Crippen LogP contribution in [-0.4, -0.2) is 62.1 Å². The molecule has 12 heteroatoms. The largest absolute Gasteiger partial charge is 0.510 e. The van der Waals surface area contributed by atoms with Gasteiger partial charge in [0.05, 0.1) is 7.11 Å². The molecule has 1 fully saturated rings. The standard InChI is InChI=1S/C19H23NO11/c1-9(21)26-14-15(27-10(2)22)17(29-13-7-5-12(20)6-8-13)30-18(31-19(24)25-4)16(14)28-11(3)23/h5-8,14-18H,20H2,1-4H3/t14-,15+,16-,17-,18-/m1/s1. The summed E-state index contributed by atoms with van der Waals surface area (Å²) in [4.78, 5) is 46.8. The van der Waals surface area contributed by atoms with E-state index >= 15 is 0 Å². The molecule has 1 aliphatic rings. The molecule has 1 saturated heterocycles. The van der Waals surface area contributed by atoms with Crippen molar-refractivity contribution in [2.45, 2.75) is 51.7 Å². The predicted octanol–water partition coefficient (Wildman–Crippen LogP) is 0.908. The lowest BCUT2D eigenvalue weighted by Gasteiger charge is -2.43. The minimum Gasteiger partial charge on any atom is -0.461 e. The van der Waals surface area contributed by atoms with Gasteiger partial charge < -0.3 is 34.2 Å². The normalized spacial score (nSPS) is 25.0. The molecule has 0 radical (unpaired) electrons. The molecule has 0 amide bonds. The van der Waals surface area contributed by atoms with Crippen LogP contribution in [0.25, 0.3) is 0 Å². The first-order valence-corrected chi connectivity index (χ1v) is 9.04. The lowest BCUT2D eigenvalue weighted by Crippen LogP contribution is -2.63. The van der Waals surface area contributed by atoms with E-state index in [0.717, 1.165) is 27.9 Å². The average molecular weight is 441 g/mol. The summed E-state index contributed by atoms with van der Waals surface area (Å²) >= 11 is 0. The summed E-state index contributed by atoms with van der Waals surface area (Å²) < 4.78 is 36.4. The summed E-state index contributed by atoms with van der Waals surface area (Å²) in [7, 11) is 1.06. The maximum absolute atomic E-state index is 11.7. The minimum absolute atomic E-state index is 0.251. The van der Waals surface area contributed by atoms with Crippen LogP contribution in [0.4, 0.5) is 10.5 Å². The summed E-state index contributed by atoms with van der Waals surface area (Å²) in [6.45, 7) is 3.29. The predicted molar refractivity (Wildman–Crippen MR) is 100 cm³/mol. The minimum atomic E-state index is -1.62. The van der Waals surface area contributed by atoms with E-state index in [-0.39, 0.29) is 5.75 Å². The first-order valence-electron chi connectivity index (χ1n) is 9.04. The number of carbonyl (C=O) groups is 4. The molecule has 0 unspecified atom stereocenters. The van der Waals surface area contributed by atoms with Gasteiger partial charge in [-0.3, -0.25) is 19.1 Å². The zero-order chi connectivity index (χ0) is 23.1. The third-order valence-corrected chi connectivity index (χ3v) is 3.87. The number of hydrogen-bond donors (Lipinski definition) is 1. The number of nitrogens with two attached hydrogens (primary N) is 1. The Balaban J connectivity index is 2.45. The highest BCUT2D eigenvalue weighted by molar-refractivity contribution is 5.68. The van der Waals surface area contributed by atoms with Crippen LogP contribution in [0.5, 0.6) is 5.75 Å². The van der Waals surface area contributed by atoms with Crippen molar-refractivity contribution in [2.24, 2.45) is 0 Å². The average Bonchev–Trinajstić information content (AvgIpc) is 2.68. The van der Waals surface area contributed by atoms with E-state index < -0.39 is 55.0 Å². The fourth-order valence-corrected chi connectivity index (χ4v) is 2.75. The molecular weight excluding hydrogens is 418 g/mol. The number of nitrogen functional groups attached to an aromatic ring is 1. The van der Waals surface area contributed by atoms with E-state index in [0.29, 0.717) is 5.69 Å². The van der Waals surface area contributed by atoms with Gasteiger partial charge in [0, 0.05) is 26.5 Å². The van der Waals surface area contributed by atoms with E-state index in [4.69, 9.17) is 34.2 Å². The molecule has 0 aliphatic carbocycles. The van der Waals surface area contributed by atoms with Crippen molar-refractivity contribution in [3.05, 3.63) is 24.3 Å². The monoisotopic (exact) mass is 441 g/mol. The molecule has 5 atom stereocenters. The smallest absolute Gasteiger partial charge is 0.461 e. The van der Waals surface area contributed by atoms with Crippen molar-refractivity contribution < 1.29 is 52.3 Å². The molecule has 1 aliphatic heterocycles. The molecule has 12 nitrogen and oxygen atoms in total. The van der Waals surface area contributed by atoms with E-state index in [2.05, 4.69) is 4.74 Å². The van der Waals surface area contributed by atoms with E-state index in [1.54, 1.807) is 12.1 Å². The summed E-state index contributed by atoms with van der Waals surface area (Å²) in [5.74, 6) is -2.10. The van der Waals surface area contributed by atoms with Crippen molar-refractivity contribution >= 4 is 29.8 Å². The lowest BCUT2D eigenvalue weighted by atomic mass is 10.0. The Bertz CT molecular complexity index is 810. The van der Waals surface area contributed by atoms with Gasteiger partial charge in [-0.15, -0.1) is 0 Å². The molecule has 1 aromatic carbocycles. The second-order valence-electron chi connectivity index (χ2n) is 6.35. The summed E-state index contributed by atoms with van der Waals surface area (Å²) in [6.07, 6.45) is -8.53. The van der Waals surface area contributed by atoms with Gasteiger partial charge in [0.1, 0.15) is 5.75 Å². The van der Waals surface area contributed by atoms with E-state index in [1.165, 1.54) is 12.1 Å². The van der Waals surface area contributed by atoms with Crippen molar-refractivity contribution in [3.8, 4) is 5.75 Å². The molecule has 0 spiro atoms. The van der Waals surface area contributed by atoms with Crippen LogP contribution < -0.4 is 10.5 Å². The topological polar surface area (TPSA) is 159 Å². The fraction of sp³-hybridized carbons (Fsp3) is 0.474. The van der Waals surface area contributed by atoms with Crippen molar-refractivity contribution in [1.29, 1.82) is 0 Å². The molecule has 1 aromatic rings. The van der Waals surface area contributed by atoms with Crippen LogP contribution in [0.15, 0.2) is 24.3 Å². The molecule has 2 rings (SSSR count). The van der Waals surface area contributed by atoms with Gasteiger partial charge in [0.15, 0.2) is 6.10 Å². The first-order chi connectivity index (χ1) is 14.6. The Morgan fingerprint density at radius 1 is 0.774 bits per heavy atom. The highest BCUT2D eigenvalue weighted by Crippen LogP contribution is 2.31. The zero-order valence-electron chi connectivity index (χ0n) is 17.3. The van der Waals surface area contributed by atoms with Gasteiger partial charge in [0.25, 0.3) is 6.29 Å². The van der Waals surface area contributed by atoms with Crippen molar-refractivity contribution in [1.82, 2.24) is 0 Å². The first kappa shape index (κ1) is 23.7. The summed E-state index contributed by atoms with van der Waals surface area (Å²) in [6, 6.07) is 6.12. The molecule has 31 heavy (non-hydrogen) atoms. The van der Waals surface area contributed by atoms with Gasteiger partial charge in [-0.25, -0.2) is 4.79 Å². The molecule has 0 bridgehead atoms. The number of hydrogen-bond acceptors (Lipinski definition) is 12. The number of benzene rings is 1. The van der Waals surface area contributed by atoms with Crippen LogP contribution in [-0.2, 0) is 42.8 Å². The van der Waals surface area contributed by atoms with Gasteiger partial charge in [-0.1, -0.05) is 0 Å². The maximum Gasteiger partial charge on any atom is 0.510 e. The third-order valence-electron chi connectivity index (χ3n) is 3.87. The molecule has 170 valence electrons. The third kappa shape index (κ3) is 6.74. The molecule has 0 aromatic heterocycles. The quantitative estimate of drug-likeness (QED) is 0.378. The molecule has 0 saturated carbocycles. The Morgan fingerprint density at radius 3 is 1.74 bits per heavy atom. The number of carbonyl (C=O) groups excluding carboxylic acids is 4. The highest BCUT2D eigenvalue weighted by Gasteiger charge is 2.54. The second kappa shape index (κ2) is 10.5. The van der Waals surface area contributed by atoms with Crippen LogP contribution in [0.1, 0.15) is 20.8 Å². The number of rotatable bonds is 6. The fourth-order valence-electron chi connectivity index (χ4n) is 2.75. The van der Waals surface area contributed by atoms with Crippen LogP contribution in [0, 0.1) is 0 Å². The molecule has 2 N–H and O–H groups in total. The Morgan fingerprint density at radius 2 is 1.26 bits per heavy atom. The number of anilines is 1. The number of esters is 3. The van der Waals surface area contributed by atoms with E-state index in [9.17, 15) is 19.2 Å². The SMILES string of the molecule is COC(=O)O[C@H]1O[C@@H](Oc2ccc(N)cc2)[C@@H](OC(C)=O)[C@@H](OC(C)=O)[C@H]1OC(C)=O. The van der Waals surface area contributed by atoms with Crippen LogP contribution >= 0.6 is 0 Å². The number of ether oxygens (including phenoxy) is 7. The van der Waals surface area contributed by atoms with E-state index in [1.807, 2.05) is 0 Å². The highest BCUT2D eigenvalue weighted by atomic mass is 16.8. The van der Waals surface area contributed by atoms with Crippen molar-refractivity contribution in [2.75, 3.05) is 12.8 Å². The Kier molecular flexibility index (Phi) is 8.02. The zero-order valence-corrected chi connectivity index (χ0v) is 17.3. The second-order valence-corrected chi connectivity index (χ2v) is 6.35. The lowest BCUT2D eigenvalue weighted by molar-refractivity contribution is -0.326. The Labute approximate surface area is 177 Å². The van der Waals surface area contributed by atoms with Gasteiger partial charge in [-0.05, 0) is 24.3 Å². The maximum atomic E-state index is 11.7. The molecular formula is C19H23NO11. The van der Waals surface area contributed by atoms with Crippen LogP contribution in [0.3, 0.4) is 0 Å². The van der Waals surface area contributed by atoms with Crippen molar-refractivity contribution in [3.63, 3.8) is 0 Å². The Hall–Kier alpha value is -3.54. The molecule has 1 heterocycles. The number of methoxy groups -OCH3 is 1. The van der Waals surface area contributed by atoms with Gasteiger partial charge >= 0.3 is 24.1 Å².